The third-order valence-electron chi connectivity index (χ3n) is 2.99. The van der Waals surface area contributed by atoms with E-state index in [2.05, 4.69) is 29.8 Å². The summed E-state index contributed by atoms with van der Waals surface area (Å²) in [7, 11) is 0. The summed E-state index contributed by atoms with van der Waals surface area (Å²) in [4.78, 5) is 1.91. The van der Waals surface area contributed by atoms with Crippen LogP contribution in [0.2, 0.25) is 0 Å². The molecule has 0 saturated carbocycles. The molecule has 1 aliphatic heterocycles. The monoisotopic (exact) mass is 289 g/mol. The second-order valence-corrected chi connectivity index (χ2v) is 5.97. The number of nitrogens with zero attached hydrogens (tertiary/aromatic N) is 1. The Balaban J connectivity index is 2.35. The fourth-order valence-corrected chi connectivity index (χ4v) is 2.51. The van der Waals surface area contributed by atoms with Crippen LogP contribution in [0, 0.1) is 17.0 Å². The summed E-state index contributed by atoms with van der Waals surface area (Å²) >= 11 is 3.19. The van der Waals surface area contributed by atoms with Gasteiger partial charge < -0.3 is 4.90 Å². The number of rotatable bonds is 1. The zero-order valence-corrected chi connectivity index (χ0v) is 10.9. The topological polar surface area (TPSA) is 3.24 Å². The van der Waals surface area contributed by atoms with Gasteiger partial charge in [-0.15, -0.1) is 0 Å². The van der Waals surface area contributed by atoms with Crippen LogP contribution in [-0.2, 0) is 0 Å². The number of hydrogen-bond acceptors (Lipinski definition) is 1. The van der Waals surface area contributed by atoms with E-state index in [-0.39, 0.29) is 5.41 Å². The second-order valence-electron chi connectivity index (χ2n) is 5.06. The number of benzene rings is 1. The molecule has 1 aromatic rings. The van der Waals surface area contributed by atoms with Gasteiger partial charge in [0.05, 0.1) is 5.69 Å². The minimum atomic E-state index is -0.797. The second kappa shape index (κ2) is 3.99. The van der Waals surface area contributed by atoms with Gasteiger partial charge in [-0.2, -0.15) is 0 Å². The quantitative estimate of drug-likeness (QED) is 0.708. The van der Waals surface area contributed by atoms with Crippen molar-refractivity contribution in [3.8, 4) is 0 Å². The Bertz CT molecular complexity index is 418. The van der Waals surface area contributed by atoms with Crippen LogP contribution in [0.15, 0.2) is 16.6 Å². The molecule has 0 aliphatic carbocycles. The van der Waals surface area contributed by atoms with Crippen LogP contribution in [0.1, 0.15) is 20.3 Å². The van der Waals surface area contributed by atoms with Crippen molar-refractivity contribution >= 4 is 21.6 Å². The summed E-state index contributed by atoms with van der Waals surface area (Å²) in [5.41, 5.74) is 0.531. The third kappa shape index (κ3) is 2.21. The molecule has 1 nitrogen and oxygen atoms in total. The third-order valence-corrected chi connectivity index (χ3v) is 3.45. The fourth-order valence-electron chi connectivity index (χ4n) is 2.09. The number of hydrogen-bond donors (Lipinski definition) is 0. The fraction of sp³-hybridized carbons (Fsp3) is 0.500. The molecular weight excluding hydrogens is 276 g/mol. The highest BCUT2D eigenvalue weighted by Gasteiger charge is 2.31. The van der Waals surface area contributed by atoms with Crippen molar-refractivity contribution in [2.75, 3.05) is 18.0 Å². The molecule has 0 unspecified atom stereocenters. The van der Waals surface area contributed by atoms with Crippen molar-refractivity contribution in [3.05, 3.63) is 28.2 Å². The summed E-state index contributed by atoms with van der Waals surface area (Å²) in [6, 6.07) is 2.79. The van der Waals surface area contributed by atoms with Crippen molar-refractivity contribution in [1.82, 2.24) is 0 Å². The summed E-state index contributed by atoms with van der Waals surface area (Å²) in [5, 5.41) is 0. The standard InChI is InChI=1S/C12H14BrF2N/c1-12(2)3-4-16(7-12)10-6-8(13)5-9(14)11(10)15/h5-6H,3-4,7H2,1-2H3. The van der Waals surface area contributed by atoms with Gasteiger partial charge in [-0.25, -0.2) is 8.78 Å². The molecule has 4 heteroatoms. The van der Waals surface area contributed by atoms with Gasteiger partial charge in [-0.05, 0) is 24.0 Å². The van der Waals surface area contributed by atoms with E-state index < -0.39 is 11.6 Å². The maximum Gasteiger partial charge on any atom is 0.182 e. The van der Waals surface area contributed by atoms with Crippen LogP contribution >= 0.6 is 15.9 Å². The average Bonchev–Trinajstić information content (AvgIpc) is 2.52. The number of anilines is 1. The normalized spacial score (nSPS) is 19.2. The van der Waals surface area contributed by atoms with Crippen LogP contribution in [0.5, 0.6) is 0 Å². The van der Waals surface area contributed by atoms with Gasteiger partial charge in [0, 0.05) is 17.6 Å². The lowest BCUT2D eigenvalue weighted by Gasteiger charge is -2.22. The molecule has 0 amide bonds. The Morgan fingerprint density at radius 3 is 2.56 bits per heavy atom. The van der Waals surface area contributed by atoms with E-state index in [4.69, 9.17) is 0 Å². The van der Waals surface area contributed by atoms with Crippen molar-refractivity contribution < 1.29 is 8.78 Å². The molecule has 0 atom stereocenters. The van der Waals surface area contributed by atoms with Crippen LogP contribution in [0.4, 0.5) is 14.5 Å². The highest BCUT2D eigenvalue weighted by molar-refractivity contribution is 9.10. The van der Waals surface area contributed by atoms with E-state index in [1.807, 2.05) is 4.90 Å². The molecule has 0 radical (unpaired) electrons. The smallest absolute Gasteiger partial charge is 0.182 e. The van der Waals surface area contributed by atoms with E-state index in [0.29, 0.717) is 10.2 Å². The highest BCUT2D eigenvalue weighted by Crippen LogP contribution is 2.35. The first-order valence-corrected chi connectivity index (χ1v) is 6.08. The Morgan fingerprint density at radius 1 is 1.31 bits per heavy atom. The molecule has 0 bridgehead atoms. The summed E-state index contributed by atoms with van der Waals surface area (Å²) in [5.74, 6) is -1.55. The molecular formula is C12H14BrF2N. The minimum absolute atomic E-state index is 0.172. The lowest BCUT2D eigenvalue weighted by molar-refractivity contribution is 0.418. The van der Waals surface area contributed by atoms with Gasteiger partial charge in [0.15, 0.2) is 11.6 Å². The minimum Gasteiger partial charge on any atom is -0.368 e. The van der Waals surface area contributed by atoms with Crippen molar-refractivity contribution in [2.45, 2.75) is 20.3 Å². The first-order chi connectivity index (χ1) is 7.39. The summed E-state index contributed by atoms with van der Waals surface area (Å²) in [6.07, 6.45) is 1.00. The Labute approximate surface area is 103 Å². The molecule has 1 aliphatic rings. The highest BCUT2D eigenvalue weighted by atomic mass is 79.9. The lowest BCUT2D eigenvalue weighted by atomic mass is 9.93. The van der Waals surface area contributed by atoms with Crippen LogP contribution in [0.3, 0.4) is 0 Å². The average molecular weight is 290 g/mol. The van der Waals surface area contributed by atoms with Gasteiger partial charge in [0.25, 0.3) is 0 Å². The van der Waals surface area contributed by atoms with Gasteiger partial charge in [0.2, 0.25) is 0 Å². The SMILES string of the molecule is CC1(C)CCN(c2cc(Br)cc(F)c2F)C1. The zero-order chi connectivity index (χ0) is 11.9. The molecule has 1 fully saturated rings. The lowest BCUT2D eigenvalue weighted by Crippen LogP contribution is -2.23. The van der Waals surface area contributed by atoms with Crippen LogP contribution in [0.25, 0.3) is 0 Å². The van der Waals surface area contributed by atoms with Gasteiger partial charge in [-0.1, -0.05) is 29.8 Å². The molecule has 0 spiro atoms. The van der Waals surface area contributed by atoms with Crippen molar-refractivity contribution in [3.63, 3.8) is 0 Å². The van der Waals surface area contributed by atoms with E-state index >= 15 is 0 Å². The molecule has 2 rings (SSSR count). The van der Waals surface area contributed by atoms with E-state index in [1.54, 1.807) is 6.07 Å². The van der Waals surface area contributed by atoms with Gasteiger partial charge in [0.1, 0.15) is 0 Å². The van der Waals surface area contributed by atoms with Gasteiger partial charge in [-0.3, -0.25) is 0 Å². The summed E-state index contributed by atoms with van der Waals surface area (Å²) < 4.78 is 27.5. The Kier molecular flexibility index (Phi) is 2.95. The molecule has 1 heterocycles. The first-order valence-electron chi connectivity index (χ1n) is 5.28. The maximum absolute atomic E-state index is 13.6. The predicted octanol–water partition coefficient (Wildman–Crippen LogP) is 3.96. The molecule has 0 aromatic heterocycles. The van der Waals surface area contributed by atoms with Crippen LogP contribution in [-0.4, -0.2) is 13.1 Å². The first kappa shape index (κ1) is 11.8. The van der Waals surface area contributed by atoms with E-state index in [1.165, 1.54) is 0 Å². The predicted molar refractivity (Wildman–Crippen MR) is 64.7 cm³/mol. The van der Waals surface area contributed by atoms with E-state index in [0.717, 1.165) is 25.6 Å². The molecule has 1 saturated heterocycles. The summed E-state index contributed by atoms with van der Waals surface area (Å²) in [6.45, 7) is 5.82. The largest absolute Gasteiger partial charge is 0.368 e. The zero-order valence-electron chi connectivity index (χ0n) is 9.36. The molecule has 16 heavy (non-hydrogen) atoms. The molecule has 1 aromatic carbocycles. The van der Waals surface area contributed by atoms with Crippen molar-refractivity contribution in [1.29, 1.82) is 0 Å². The van der Waals surface area contributed by atoms with Gasteiger partial charge >= 0.3 is 0 Å². The Morgan fingerprint density at radius 2 is 2.00 bits per heavy atom. The number of halogens is 3. The molecule has 0 N–H and O–H groups in total. The Hall–Kier alpha value is -0.640. The van der Waals surface area contributed by atoms with Crippen LogP contribution < -0.4 is 4.90 Å². The molecule has 88 valence electrons. The van der Waals surface area contributed by atoms with Crippen molar-refractivity contribution in [2.24, 2.45) is 5.41 Å². The maximum atomic E-state index is 13.6. The van der Waals surface area contributed by atoms with E-state index in [9.17, 15) is 8.78 Å².